The Hall–Kier alpha value is -3.41. The molecule has 0 radical (unpaired) electrons. The second kappa shape index (κ2) is 8.99. The highest BCUT2D eigenvalue weighted by Crippen LogP contribution is 2.31. The number of amides is 1. The Morgan fingerprint density at radius 2 is 1.62 bits per heavy atom. The van der Waals surface area contributed by atoms with E-state index in [9.17, 15) is 4.79 Å². The van der Waals surface area contributed by atoms with Gasteiger partial charge in [0.25, 0.3) is 0 Å². The number of aromatic nitrogens is 2. The predicted molar refractivity (Wildman–Crippen MR) is 133 cm³/mol. The smallest absolute Gasteiger partial charge is 0.234 e. The molecule has 1 N–H and O–H groups in total. The summed E-state index contributed by atoms with van der Waals surface area (Å²) in [5.41, 5.74) is 2.51. The summed E-state index contributed by atoms with van der Waals surface area (Å²) in [6.45, 7) is 0. The minimum absolute atomic E-state index is 0.0959. The number of carbonyl (C=O) groups excluding carboxylic acids is 1. The molecule has 0 atom stereocenters. The fraction of sp³-hybridized carbons (Fsp3) is 0.0385. The molecule has 0 bridgehead atoms. The van der Waals surface area contributed by atoms with Gasteiger partial charge in [0.1, 0.15) is 5.03 Å². The van der Waals surface area contributed by atoms with Crippen molar-refractivity contribution in [2.24, 2.45) is 0 Å². The fourth-order valence-electron chi connectivity index (χ4n) is 3.55. The minimum atomic E-state index is -0.0959. The van der Waals surface area contributed by atoms with Crippen LogP contribution in [0.5, 0.6) is 0 Å². The second-order valence-corrected chi connectivity index (χ2v) is 8.64. The summed E-state index contributed by atoms with van der Waals surface area (Å²) in [6.07, 6.45) is 0. The van der Waals surface area contributed by atoms with Crippen LogP contribution >= 0.6 is 23.4 Å². The first kappa shape index (κ1) is 20.5. The van der Waals surface area contributed by atoms with E-state index in [-0.39, 0.29) is 11.7 Å². The van der Waals surface area contributed by atoms with Crippen LogP contribution in [0.25, 0.3) is 33.1 Å². The molecule has 1 heterocycles. The zero-order chi connectivity index (χ0) is 21.9. The van der Waals surface area contributed by atoms with Crippen LogP contribution in [0.3, 0.4) is 0 Å². The molecular weight excluding hydrogens is 438 g/mol. The van der Waals surface area contributed by atoms with Crippen LogP contribution in [0.1, 0.15) is 0 Å². The van der Waals surface area contributed by atoms with Gasteiger partial charge in [0, 0.05) is 27.0 Å². The van der Waals surface area contributed by atoms with Crippen molar-refractivity contribution in [2.45, 2.75) is 5.03 Å². The van der Waals surface area contributed by atoms with Gasteiger partial charge in [-0.25, -0.2) is 9.97 Å². The van der Waals surface area contributed by atoms with Crippen molar-refractivity contribution in [1.82, 2.24) is 9.97 Å². The van der Waals surface area contributed by atoms with Crippen LogP contribution < -0.4 is 5.32 Å². The van der Waals surface area contributed by atoms with Crippen molar-refractivity contribution in [1.29, 1.82) is 0 Å². The summed E-state index contributed by atoms with van der Waals surface area (Å²) in [7, 11) is 0. The molecule has 1 aromatic heterocycles. The van der Waals surface area contributed by atoms with E-state index in [1.165, 1.54) is 11.8 Å². The molecule has 0 aliphatic carbocycles. The van der Waals surface area contributed by atoms with Crippen molar-refractivity contribution in [3.05, 3.63) is 96.0 Å². The first-order chi connectivity index (χ1) is 15.7. The van der Waals surface area contributed by atoms with Gasteiger partial charge in [0.05, 0.1) is 11.3 Å². The first-order valence-corrected chi connectivity index (χ1v) is 11.5. The standard InChI is InChI=1S/C26H18ClN3OS/c27-19-13-14-23-21(15-19)26(30-25(29-23)18-8-2-1-3-9-18)32-16-24(31)28-22-12-6-10-17-7-4-5-11-20(17)22/h1-15H,16H2,(H,28,31). The van der Waals surface area contributed by atoms with Gasteiger partial charge in [-0.15, -0.1) is 0 Å². The summed E-state index contributed by atoms with van der Waals surface area (Å²) in [5, 5.41) is 7.30. The molecule has 0 fully saturated rings. The van der Waals surface area contributed by atoms with E-state index in [0.717, 1.165) is 38.0 Å². The molecule has 5 aromatic rings. The van der Waals surface area contributed by atoms with Gasteiger partial charge >= 0.3 is 0 Å². The third kappa shape index (κ3) is 4.31. The van der Waals surface area contributed by atoms with Crippen LogP contribution in [-0.4, -0.2) is 21.6 Å². The molecule has 0 saturated carbocycles. The zero-order valence-electron chi connectivity index (χ0n) is 17.0. The number of hydrogen-bond acceptors (Lipinski definition) is 4. The number of nitrogens with one attached hydrogen (secondary N) is 1. The van der Waals surface area contributed by atoms with Crippen molar-refractivity contribution in [3.63, 3.8) is 0 Å². The van der Waals surface area contributed by atoms with Gasteiger partial charge in [-0.05, 0) is 29.7 Å². The molecule has 0 aliphatic heterocycles. The van der Waals surface area contributed by atoms with Gasteiger partial charge in [-0.2, -0.15) is 0 Å². The van der Waals surface area contributed by atoms with Crippen molar-refractivity contribution >= 4 is 56.6 Å². The lowest BCUT2D eigenvalue weighted by molar-refractivity contribution is -0.113. The maximum absolute atomic E-state index is 12.8. The molecule has 1 amide bonds. The van der Waals surface area contributed by atoms with Crippen LogP contribution in [0.2, 0.25) is 5.02 Å². The highest BCUT2D eigenvalue weighted by Gasteiger charge is 2.13. The largest absolute Gasteiger partial charge is 0.325 e. The maximum atomic E-state index is 12.8. The van der Waals surface area contributed by atoms with E-state index < -0.39 is 0 Å². The maximum Gasteiger partial charge on any atom is 0.234 e. The highest BCUT2D eigenvalue weighted by molar-refractivity contribution is 8.00. The first-order valence-electron chi connectivity index (χ1n) is 10.1. The quantitative estimate of drug-likeness (QED) is 0.233. The van der Waals surface area contributed by atoms with Gasteiger partial charge in [0.2, 0.25) is 5.91 Å². The average molecular weight is 456 g/mol. The highest BCUT2D eigenvalue weighted by atomic mass is 35.5. The topological polar surface area (TPSA) is 54.9 Å². The molecule has 0 unspecified atom stereocenters. The number of thioether (sulfide) groups is 1. The van der Waals surface area contributed by atoms with Gasteiger partial charge in [-0.1, -0.05) is 90.1 Å². The van der Waals surface area contributed by atoms with E-state index in [4.69, 9.17) is 21.6 Å². The molecule has 5 rings (SSSR count). The van der Waals surface area contributed by atoms with Crippen molar-refractivity contribution < 1.29 is 4.79 Å². The fourth-order valence-corrected chi connectivity index (χ4v) is 4.54. The number of rotatable bonds is 5. The predicted octanol–water partition coefficient (Wildman–Crippen LogP) is 6.83. The Morgan fingerprint density at radius 3 is 2.50 bits per heavy atom. The number of halogens is 1. The molecule has 4 aromatic carbocycles. The van der Waals surface area contributed by atoms with Crippen LogP contribution in [0.4, 0.5) is 5.69 Å². The summed E-state index contributed by atoms with van der Waals surface area (Å²) >= 11 is 7.61. The normalized spacial score (nSPS) is 11.0. The van der Waals surface area contributed by atoms with Crippen molar-refractivity contribution in [2.75, 3.05) is 11.1 Å². The molecule has 32 heavy (non-hydrogen) atoms. The number of carbonyl (C=O) groups is 1. The van der Waals surface area contributed by atoms with E-state index in [2.05, 4.69) is 5.32 Å². The minimum Gasteiger partial charge on any atom is -0.325 e. The average Bonchev–Trinajstić information content (AvgIpc) is 2.83. The van der Waals surface area contributed by atoms with Gasteiger partial charge in [-0.3, -0.25) is 4.79 Å². The van der Waals surface area contributed by atoms with Gasteiger partial charge < -0.3 is 5.32 Å². The lowest BCUT2D eigenvalue weighted by Gasteiger charge is -2.11. The van der Waals surface area contributed by atoms with E-state index in [0.29, 0.717) is 10.8 Å². The van der Waals surface area contributed by atoms with Crippen molar-refractivity contribution in [3.8, 4) is 11.4 Å². The summed E-state index contributed by atoms with van der Waals surface area (Å²) in [4.78, 5) is 22.2. The Balaban J connectivity index is 1.43. The molecule has 4 nitrogen and oxygen atoms in total. The second-order valence-electron chi connectivity index (χ2n) is 7.24. The molecule has 156 valence electrons. The molecular formula is C26H18ClN3OS. The SMILES string of the molecule is O=C(CSc1nc(-c2ccccc2)nc2ccc(Cl)cc12)Nc1cccc2ccccc12. The Bertz CT molecular complexity index is 1430. The van der Waals surface area contributed by atoms with E-state index in [1.807, 2.05) is 91.0 Å². The number of fused-ring (bicyclic) bond motifs is 2. The Morgan fingerprint density at radius 1 is 0.844 bits per heavy atom. The lowest BCUT2D eigenvalue weighted by atomic mass is 10.1. The Kier molecular flexibility index (Phi) is 5.75. The van der Waals surface area contributed by atoms with Gasteiger partial charge in [0.15, 0.2) is 5.82 Å². The molecule has 0 saturated heterocycles. The molecule has 6 heteroatoms. The summed E-state index contributed by atoms with van der Waals surface area (Å²) in [6, 6.07) is 29.2. The number of hydrogen-bond donors (Lipinski definition) is 1. The molecule has 0 spiro atoms. The Labute approximate surface area is 194 Å². The van der Waals surface area contributed by atoms with Crippen LogP contribution in [-0.2, 0) is 4.79 Å². The van der Waals surface area contributed by atoms with Crippen LogP contribution in [0.15, 0.2) is 96.0 Å². The number of nitrogens with zero attached hydrogens (tertiary/aromatic N) is 2. The van der Waals surface area contributed by atoms with Crippen LogP contribution in [0, 0.1) is 0 Å². The van der Waals surface area contributed by atoms with E-state index in [1.54, 1.807) is 0 Å². The monoisotopic (exact) mass is 455 g/mol. The third-order valence-corrected chi connectivity index (χ3v) is 6.28. The summed E-state index contributed by atoms with van der Waals surface area (Å²) < 4.78 is 0. The lowest BCUT2D eigenvalue weighted by Crippen LogP contribution is -2.14. The third-order valence-electron chi connectivity index (χ3n) is 5.06. The number of anilines is 1. The summed E-state index contributed by atoms with van der Waals surface area (Å²) in [5.74, 6) is 0.745. The number of benzene rings is 4. The van der Waals surface area contributed by atoms with E-state index >= 15 is 0 Å². The molecule has 0 aliphatic rings. The zero-order valence-corrected chi connectivity index (χ0v) is 18.5.